The first-order valence-corrected chi connectivity index (χ1v) is 7.69. The molecule has 0 fully saturated rings. The van der Waals surface area contributed by atoms with Crippen LogP contribution in [0.15, 0.2) is 36.5 Å². The van der Waals surface area contributed by atoms with Gasteiger partial charge in [-0.05, 0) is 25.5 Å². The van der Waals surface area contributed by atoms with Crippen molar-refractivity contribution in [2.24, 2.45) is 0 Å². The van der Waals surface area contributed by atoms with Crippen LogP contribution >= 0.6 is 0 Å². The number of amides is 1. The Balaban J connectivity index is 1.72. The van der Waals surface area contributed by atoms with Gasteiger partial charge in [-0.3, -0.25) is 14.7 Å². The van der Waals surface area contributed by atoms with Gasteiger partial charge in [-0.25, -0.2) is 0 Å². The first kappa shape index (κ1) is 16.4. The van der Waals surface area contributed by atoms with E-state index in [-0.39, 0.29) is 17.1 Å². The maximum Gasteiger partial charge on any atom is 0.298 e. The van der Waals surface area contributed by atoms with E-state index in [4.69, 9.17) is 5.73 Å². The van der Waals surface area contributed by atoms with Crippen LogP contribution in [-0.2, 0) is 6.54 Å². The maximum atomic E-state index is 12.3. The summed E-state index contributed by atoms with van der Waals surface area (Å²) in [7, 11) is 0. The highest BCUT2D eigenvalue weighted by Gasteiger charge is 2.19. The molecule has 0 aliphatic rings. The van der Waals surface area contributed by atoms with Crippen molar-refractivity contribution in [1.82, 2.24) is 25.3 Å². The molecular formula is C17H18N6O2. The Morgan fingerprint density at radius 3 is 2.60 bits per heavy atom. The van der Waals surface area contributed by atoms with Crippen molar-refractivity contribution in [3.05, 3.63) is 64.6 Å². The minimum absolute atomic E-state index is 0.0120. The first-order chi connectivity index (χ1) is 11.9. The SMILES string of the molecule is Cc1ccc(CNC(=O)c2cn(C(=O)c3cc(C)[nH]n3)nc2N)cc1. The summed E-state index contributed by atoms with van der Waals surface area (Å²) in [5.41, 5.74) is 8.99. The van der Waals surface area contributed by atoms with Crippen LogP contribution in [0, 0.1) is 13.8 Å². The number of anilines is 1. The topological polar surface area (TPSA) is 119 Å². The van der Waals surface area contributed by atoms with Gasteiger partial charge in [-0.15, -0.1) is 5.10 Å². The molecule has 128 valence electrons. The summed E-state index contributed by atoms with van der Waals surface area (Å²) in [5, 5.41) is 13.2. The molecule has 2 aromatic heterocycles. The fourth-order valence-corrected chi connectivity index (χ4v) is 2.29. The number of aryl methyl sites for hydroxylation is 2. The number of nitrogens with one attached hydrogen (secondary N) is 2. The molecule has 0 bridgehead atoms. The molecule has 0 saturated carbocycles. The summed E-state index contributed by atoms with van der Waals surface area (Å²) >= 11 is 0. The van der Waals surface area contributed by atoms with Crippen molar-refractivity contribution < 1.29 is 9.59 Å². The number of nitrogens with two attached hydrogens (primary N) is 1. The monoisotopic (exact) mass is 338 g/mol. The number of hydrogen-bond donors (Lipinski definition) is 3. The van der Waals surface area contributed by atoms with E-state index < -0.39 is 11.8 Å². The smallest absolute Gasteiger partial charge is 0.298 e. The van der Waals surface area contributed by atoms with E-state index >= 15 is 0 Å². The summed E-state index contributed by atoms with van der Waals surface area (Å²) < 4.78 is 1.02. The van der Waals surface area contributed by atoms with Gasteiger partial charge in [0.25, 0.3) is 11.8 Å². The number of benzene rings is 1. The Kier molecular flexibility index (Phi) is 4.34. The zero-order valence-corrected chi connectivity index (χ0v) is 13.9. The van der Waals surface area contributed by atoms with E-state index in [1.807, 2.05) is 31.2 Å². The van der Waals surface area contributed by atoms with Gasteiger partial charge in [0, 0.05) is 18.4 Å². The Bertz CT molecular complexity index is 923. The van der Waals surface area contributed by atoms with Gasteiger partial charge < -0.3 is 11.1 Å². The third kappa shape index (κ3) is 3.57. The molecule has 4 N–H and O–H groups in total. The fraction of sp³-hybridized carbons (Fsp3) is 0.176. The molecule has 0 aliphatic carbocycles. The highest BCUT2D eigenvalue weighted by atomic mass is 16.2. The van der Waals surface area contributed by atoms with Crippen LogP contribution in [0.2, 0.25) is 0 Å². The molecular weight excluding hydrogens is 320 g/mol. The molecule has 1 amide bonds. The molecule has 0 atom stereocenters. The molecule has 8 nitrogen and oxygen atoms in total. The van der Waals surface area contributed by atoms with E-state index in [0.717, 1.165) is 21.5 Å². The van der Waals surface area contributed by atoms with Gasteiger partial charge in [0.05, 0.1) is 0 Å². The number of aromatic nitrogens is 4. The second-order valence-corrected chi connectivity index (χ2v) is 5.78. The number of hydrogen-bond acceptors (Lipinski definition) is 5. The third-order valence-electron chi connectivity index (χ3n) is 3.69. The van der Waals surface area contributed by atoms with E-state index in [9.17, 15) is 9.59 Å². The van der Waals surface area contributed by atoms with Crippen LogP contribution in [0.4, 0.5) is 5.82 Å². The van der Waals surface area contributed by atoms with Crippen molar-refractivity contribution in [3.8, 4) is 0 Å². The summed E-state index contributed by atoms with van der Waals surface area (Å²) in [5.74, 6) is -0.869. The maximum absolute atomic E-state index is 12.3. The lowest BCUT2D eigenvalue weighted by molar-refractivity contribution is 0.0940. The van der Waals surface area contributed by atoms with Crippen LogP contribution in [0.1, 0.15) is 37.7 Å². The number of carbonyl (C=O) groups is 2. The van der Waals surface area contributed by atoms with Gasteiger partial charge >= 0.3 is 0 Å². The van der Waals surface area contributed by atoms with Gasteiger partial charge in [0.15, 0.2) is 11.5 Å². The number of carbonyl (C=O) groups excluding carboxylic acids is 2. The molecule has 0 unspecified atom stereocenters. The summed E-state index contributed by atoms with van der Waals surface area (Å²) in [4.78, 5) is 24.6. The van der Waals surface area contributed by atoms with Crippen molar-refractivity contribution in [2.45, 2.75) is 20.4 Å². The fourth-order valence-electron chi connectivity index (χ4n) is 2.29. The second-order valence-electron chi connectivity index (χ2n) is 5.78. The molecule has 8 heteroatoms. The van der Waals surface area contributed by atoms with Crippen LogP contribution in [-0.4, -0.2) is 31.8 Å². The Labute approximate surface area is 144 Å². The van der Waals surface area contributed by atoms with Gasteiger partial charge in [-0.1, -0.05) is 29.8 Å². The van der Waals surface area contributed by atoms with Crippen molar-refractivity contribution in [1.29, 1.82) is 0 Å². The Morgan fingerprint density at radius 2 is 1.96 bits per heavy atom. The van der Waals surface area contributed by atoms with Gasteiger partial charge in [0.2, 0.25) is 0 Å². The molecule has 0 saturated heterocycles. The number of nitrogen functional groups attached to an aromatic ring is 1. The van der Waals surface area contributed by atoms with Gasteiger partial charge in [0.1, 0.15) is 5.56 Å². The van der Waals surface area contributed by atoms with Crippen LogP contribution in [0.25, 0.3) is 0 Å². The van der Waals surface area contributed by atoms with Crippen LogP contribution in [0.3, 0.4) is 0 Å². The number of H-pyrrole nitrogens is 1. The highest BCUT2D eigenvalue weighted by Crippen LogP contribution is 2.11. The van der Waals surface area contributed by atoms with Gasteiger partial charge in [-0.2, -0.15) is 9.78 Å². The van der Waals surface area contributed by atoms with Crippen molar-refractivity contribution >= 4 is 17.6 Å². The quantitative estimate of drug-likeness (QED) is 0.665. The predicted octanol–water partition coefficient (Wildman–Crippen LogP) is 1.42. The number of nitrogens with zero attached hydrogens (tertiary/aromatic N) is 3. The lowest BCUT2D eigenvalue weighted by Gasteiger charge is -2.04. The first-order valence-electron chi connectivity index (χ1n) is 7.69. The van der Waals surface area contributed by atoms with E-state index in [0.29, 0.717) is 6.54 Å². The highest BCUT2D eigenvalue weighted by molar-refractivity contribution is 6.00. The molecule has 0 spiro atoms. The third-order valence-corrected chi connectivity index (χ3v) is 3.69. The molecule has 0 aliphatic heterocycles. The standard InChI is InChI=1S/C17H18N6O2/c1-10-3-5-12(6-4-10)8-19-16(24)13-9-23(22-15(13)18)17(25)14-7-11(2)20-21-14/h3-7,9H,8H2,1-2H3,(H2,18,22)(H,19,24)(H,20,21). The number of aromatic amines is 1. The molecule has 3 rings (SSSR count). The summed E-state index contributed by atoms with van der Waals surface area (Å²) in [6.45, 7) is 4.14. The molecule has 1 aromatic carbocycles. The lowest BCUT2D eigenvalue weighted by atomic mass is 10.1. The molecule has 2 heterocycles. The van der Waals surface area contributed by atoms with Crippen molar-refractivity contribution in [3.63, 3.8) is 0 Å². The lowest BCUT2D eigenvalue weighted by Crippen LogP contribution is -2.23. The van der Waals surface area contributed by atoms with E-state index in [2.05, 4.69) is 20.6 Å². The van der Waals surface area contributed by atoms with Crippen LogP contribution < -0.4 is 11.1 Å². The number of rotatable bonds is 4. The normalized spacial score (nSPS) is 10.6. The summed E-state index contributed by atoms with van der Waals surface area (Å²) in [6, 6.07) is 9.41. The predicted molar refractivity (Wildman–Crippen MR) is 92.0 cm³/mol. The van der Waals surface area contributed by atoms with E-state index in [1.54, 1.807) is 13.0 Å². The average Bonchev–Trinajstić information content (AvgIpc) is 3.19. The van der Waals surface area contributed by atoms with Crippen molar-refractivity contribution in [2.75, 3.05) is 5.73 Å². The molecule has 25 heavy (non-hydrogen) atoms. The molecule has 3 aromatic rings. The largest absolute Gasteiger partial charge is 0.382 e. The zero-order valence-electron chi connectivity index (χ0n) is 13.9. The minimum Gasteiger partial charge on any atom is -0.382 e. The van der Waals surface area contributed by atoms with Crippen LogP contribution in [0.5, 0.6) is 0 Å². The minimum atomic E-state index is -0.464. The Hall–Kier alpha value is -3.42. The zero-order chi connectivity index (χ0) is 18.0. The Morgan fingerprint density at radius 1 is 1.24 bits per heavy atom. The van der Waals surface area contributed by atoms with E-state index in [1.165, 1.54) is 6.20 Å². The average molecular weight is 338 g/mol. The second kappa shape index (κ2) is 6.60. The summed E-state index contributed by atoms with van der Waals surface area (Å²) in [6.07, 6.45) is 1.31. The molecule has 0 radical (unpaired) electrons.